The average molecular weight is 326 g/mol. The van der Waals surface area contributed by atoms with Crippen LogP contribution in [0.2, 0.25) is 0 Å². The Hall–Kier alpha value is -1.44. The van der Waals surface area contributed by atoms with Crippen molar-refractivity contribution < 1.29 is 17.9 Å². The van der Waals surface area contributed by atoms with E-state index in [1.807, 2.05) is 20.8 Å². The van der Waals surface area contributed by atoms with Crippen molar-refractivity contribution in [1.29, 1.82) is 0 Å². The lowest BCUT2D eigenvalue weighted by Gasteiger charge is -2.32. The molecule has 0 spiro atoms. The zero-order valence-corrected chi connectivity index (χ0v) is 13.9. The lowest BCUT2D eigenvalue weighted by Crippen LogP contribution is -2.46. The molecule has 1 unspecified atom stereocenters. The summed E-state index contributed by atoms with van der Waals surface area (Å²) in [6.45, 7) is 6.71. The molecule has 1 atom stereocenters. The van der Waals surface area contributed by atoms with Crippen molar-refractivity contribution in [2.24, 2.45) is 0 Å². The average Bonchev–Trinajstić information content (AvgIpc) is 2.47. The Morgan fingerprint density at radius 1 is 1.32 bits per heavy atom. The molecule has 7 heteroatoms. The largest absolute Gasteiger partial charge is 0.378 e. The number of hydrogen-bond donors (Lipinski definition) is 1. The van der Waals surface area contributed by atoms with Gasteiger partial charge in [0, 0.05) is 24.2 Å². The molecule has 1 aliphatic rings. The molecule has 1 N–H and O–H groups in total. The van der Waals surface area contributed by atoms with E-state index in [1.54, 1.807) is 0 Å². The van der Waals surface area contributed by atoms with Crippen LogP contribution in [0.15, 0.2) is 29.2 Å². The highest BCUT2D eigenvalue weighted by Crippen LogP contribution is 2.20. The van der Waals surface area contributed by atoms with Gasteiger partial charge in [0.05, 0.1) is 18.1 Å². The topological polar surface area (TPSA) is 75.7 Å². The monoisotopic (exact) mass is 326 g/mol. The van der Waals surface area contributed by atoms with Crippen molar-refractivity contribution in [3.63, 3.8) is 0 Å². The van der Waals surface area contributed by atoms with E-state index in [0.29, 0.717) is 25.3 Å². The molecule has 1 heterocycles. The van der Waals surface area contributed by atoms with E-state index >= 15 is 0 Å². The number of amides is 1. The molecule has 1 fully saturated rings. The Labute approximate surface area is 131 Å². The van der Waals surface area contributed by atoms with E-state index in [0.717, 1.165) is 0 Å². The van der Waals surface area contributed by atoms with Crippen LogP contribution < -0.4 is 5.32 Å². The van der Waals surface area contributed by atoms with E-state index in [-0.39, 0.29) is 22.9 Å². The molecule has 1 amide bonds. The van der Waals surface area contributed by atoms with Crippen LogP contribution in [0.5, 0.6) is 0 Å². The second kappa shape index (κ2) is 6.76. The predicted molar refractivity (Wildman–Crippen MR) is 83.2 cm³/mol. The first-order chi connectivity index (χ1) is 10.3. The van der Waals surface area contributed by atoms with Gasteiger partial charge >= 0.3 is 0 Å². The van der Waals surface area contributed by atoms with E-state index < -0.39 is 10.0 Å². The van der Waals surface area contributed by atoms with Crippen molar-refractivity contribution in [2.75, 3.05) is 19.8 Å². The Morgan fingerprint density at radius 2 is 1.95 bits per heavy atom. The maximum absolute atomic E-state index is 12.6. The first-order valence-electron chi connectivity index (χ1n) is 7.33. The van der Waals surface area contributed by atoms with Gasteiger partial charge in [-0.1, -0.05) is 0 Å². The Bertz CT molecular complexity index is 625. The van der Waals surface area contributed by atoms with E-state index in [2.05, 4.69) is 5.32 Å². The highest BCUT2D eigenvalue weighted by Gasteiger charge is 2.31. The summed E-state index contributed by atoms with van der Waals surface area (Å²) < 4.78 is 32.0. The summed E-state index contributed by atoms with van der Waals surface area (Å²) in [5, 5.41) is 2.77. The minimum absolute atomic E-state index is 0.0325. The number of morpholine rings is 1. The molecule has 1 saturated heterocycles. The van der Waals surface area contributed by atoms with Crippen molar-refractivity contribution >= 4 is 15.9 Å². The molecule has 0 saturated carbocycles. The van der Waals surface area contributed by atoms with Crippen molar-refractivity contribution in [1.82, 2.24) is 9.62 Å². The molecule has 0 aliphatic carbocycles. The van der Waals surface area contributed by atoms with Gasteiger partial charge in [-0.3, -0.25) is 4.79 Å². The summed E-state index contributed by atoms with van der Waals surface area (Å²) in [5.41, 5.74) is 0.447. The van der Waals surface area contributed by atoms with E-state index in [9.17, 15) is 13.2 Å². The molecule has 1 aromatic carbocycles. The minimum Gasteiger partial charge on any atom is -0.378 e. The van der Waals surface area contributed by atoms with Crippen LogP contribution in [-0.2, 0) is 14.8 Å². The van der Waals surface area contributed by atoms with Gasteiger partial charge in [0.15, 0.2) is 0 Å². The molecule has 0 aromatic heterocycles. The number of hydrogen-bond acceptors (Lipinski definition) is 4. The molecular weight excluding hydrogens is 304 g/mol. The maximum atomic E-state index is 12.6. The number of benzene rings is 1. The Morgan fingerprint density at radius 3 is 2.50 bits per heavy atom. The standard InChI is InChI=1S/C15H22N2O4S/c1-11(2)16-15(18)13-4-6-14(7-5-13)22(19,20)17-8-9-21-10-12(17)3/h4-7,11-12H,8-10H2,1-3H3,(H,16,18). The number of carbonyl (C=O) groups excluding carboxylic acids is 1. The summed E-state index contributed by atoms with van der Waals surface area (Å²) in [6.07, 6.45) is 0. The third-order valence-corrected chi connectivity index (χ3v) is 5.48. The van der Waals surface area contributed by atoms with E-state index in [1.165, 1.54) is 28.6 Å². The summed E-state index contributed by atoms with van der Waals surface area (Å²) in [5.74, 6) is -0.210. The maximum Gasteiger partial charge on any atom is 0.251 e. The summed E-state index contributed by atoms with van der Waals surface area (Å²) in [4.78, 5) is 12.1. The predicted octanol–water partition coefficient (Wildman–Crippen LogP) is 1.23. The second-order valence-corrected chi connectivity index (χ2v) is 7.58. The highest BCUT2D eigenvalue weighted by molar-refractivity contribution is 7.89. The summed E-state index contributed by atoms with van der Waals surface area (Å²) >= 11 is 0. The fraction of sp³-hybridized carbons (Fsp3) is 0.533. The van der Waals surface area contributed by atoms with E-state index in [4.69, 9.17) is 4.74 Å². The first-order valence-corrected chi connectivity index (χ1v) is 8.77. The lowest BCUT2D eigenvalue weighted by atomic mass is 10.2. The smallest absolute Gasteiger partial charge is 0.251 e. The van der Waals surface area contributed by atoms with Crippen molar-refractivity contribution in [2.45, 2.75) is 37.8 Å². The summed E-state index contributed by atoms with van der Waals surface area (Å²) in [6, 6.07) is 5.87. The fourth-order valence-corrected chi connectivity index (χ4v) is 3.93. The third kappa shape index (κ3) is 3.66. The highest BCUT2D eigenvalue weighted by atomic mass is 32.2. The molecule has 0 bridgehead atoms. The van der Waals surface area contributed by atoms with Gasteiger partial charge in [-0.2, -0.15) is 4.31 Å². The number of nitrogens with one attached hydrogen (secondary N) is 1. The quantitative estimate of drug-likeness (QED) is 0.903. The van der Waals surface area contributed by atoms with Crippen molar-refractivity contribution in [3.05, 3.63) is 29.8 Å². The number of carbonyl (C=O) groups is 1. The third-order valence-electron chi connectivity index (χ3n) is 3.45. The van der Waals surface area contributed by atoms with Gasteiger partial charge in [0.2, 0.25) is 10.0 Å². The van der Waals surface area contributed by atoms with Gasteiger partial charge < -0.3 is 10.1 Å². The van der Waals surface area contributed by atoms with Crippen LogP contribution >= 0.6 is 0 Å². The Kier molecular flexibility index (Phi) is 5.20. The number of ether oxygens (including phenoxy) is 1. The van der Waals surface area contributed by atoms with Crippen LogP contribution in [0.1, 0.15) is 31.1 Å². The van der Waals surface area contributed by atoms with Gasteiger partial charge in [0.1, 0.15) is 0 Å². The van der Waals surface area contributed by atoms with Crippen LogP contribution in [0.25, 0.3) is 0 Å². The van der Waals surface area contributed by atoms with Crippen molar-refractivity contribution in [3.8, 4) is 0 Å². The molecule has 6 nitrogen and oxygen atoms in total. The van der Waals surface area contributed by atoms with Crippen LogP contribution in [-0.4, -0.2) is 50.5 Å². The molecule has 1 aromatic rings. The van der Waals surface area contributed by atoms with Crippen LogP contribution in [0.3, 0.4) is 0 Å². The molecular formula is C15H22N2O4S. The Balaban J connectivity index is 2.20. The molecule has 1 aliphatic heterocycles. The minimum atomic E-state index is -3.56. The summed E-state index contributed by atoms with van der Waals surface area (Å²) in [7, 11) is -3.56. The van der Waals surface area contributed by atoms with Gasteiger partial charge in [0.25, 0.3) is 5.91 Å². The molecule has 122 valence electrons. The van der Waals surface area contributed by atoms with Gasteiger partial charge in [-0.05, 0) is 45.0 Å². The van der Waals surface area contributed by atoms with Crippen LogP contribution in [0, 0.1) is 0 Å². The number of nitrogens with zero attached hydrogens (tertiary/aromatic N) is 1. The van der Waals surface area contributed by atoms with Crippen LogP contribution in [0.4, 0.5) is 0 Å². The zero-order chi connectivity index (χ0) is 16.3. The van der Waals surface area contributed by atoms with Gasteiger partial charge in [-0.15, -0.1) is 0 Å². The molecule has 0 radical (unpaired) electrons. The van der Waals surface area contributed by atoms with Gasteiger partial charge in [-0.25, -0.2) is 8.42 Å². The normalized spacial score (nSPS) is 20.1. The SMILES string of the molecule is CC(C)NC(=O)c1ccc(S(=O)(=O)N2CCOCC2C)cc1. The fourth-order valence-electron chi connectivity index (χ4n) is 2.33. The lowest BCUT2D eigenvalue weighted by molar-refractivity contribution is 0.0393. The second-order valence-electron chi connectivity index (χ2n) is 5.69. The number of rotatable bonds is 4. The first kappa shape index (κ1) is 16.9. The zero-order valence-electron chi connectivity index (χ0n) is 13.1. The molecule has 2 rings (SSSR count). The number of sulfonamides is 1. The molecule has 22 heavy (non-hydrogen) atoms.